The Hall–Kier alpha value is -2.84. The van der Waals surface area contributed by atoms with Crippen molar-refractivity contribution >= 4 is 39.7 Å². The second-order valence-electron chi connectivity index (χ2n) is 4.26. The molecule has 0 bridgehead atoms. The number of nitrogens with one attached hydrogen (secondary N) is 2. The van der Waals surface area contributed by atoms with E-state index in [0.29, 0.717) is 10.7 Å². The van der Waals surface area contributed by atoms with Crippen LogP contribution in [0.3, 0.4) is 0 Å². The van der Waals surface area contributed by atoms with E-state index in [1.165, 1.54) is 17.7 Å². The van der Waals surface area contributed by atoms with Crippen LogP contribution in [0.15, 0.2) is 53.2 Å². The number of hydrazone groups is 1. The molecule has 2 aromatic heterocycles. The van der Waals surface area contributed by atoms with E-state index in [4.69, 9.17) is 5.84 Å². The minimum atomic E-state index is -0.478. The summed E-state index contributed by atoms with van der Waals surface area (Å²) in [4.78, 5) is 20.9. The van der Waals surface area contributed by atoms with Gasteiger partial charge in [-0.3, -0.25) is 15.6 Å². The molecule has 0 radical (unpaired) electrons. The van der Waals surface area contributed by atoms with E-state index >= 15 is 0 Å². The SMILES string of the molecule is NNC(=O)/C(=N\Nc1ncnc2ccccc12)c1cccs1. The average Bonchev–Trinajstić information content (AvgIpc) is 3.09. The van der Waals surface area contributed by atoms with Crippen molar-refractivity contribution in [2.75, 3.05) is 5.43 Å². The summed E-state index contributed by atoms with van der Waals surface area (Å²) in [6, 6.07) is 11.1. The Bertz CT molecular complexity index is 825. The fraction of sp³-hybridized carbons (Fsp3) is 0. The number of benzene rings is 1. The zero-order chi connectivity index (χ0) is 15.4. The smallest absolute Gasteiger partial charge is 0.287 e. The molecule has 1 amide bonds. The first-order valence-electron chi connectivity index (χ1n) is 6.38. The highest BCUT2D eigenvalue weighted by atomic mass is 32.1. The number of nitrogens with two attached hydrogens (primary N) is 1. The molecule has 0 saturated carbocycles. The van der Waals surface area contributed by atoms with Crippen LogP contribution in [0.4, 0.5) is 5.82 Å². The lowest BCUT2D eigenvalue weighted by atomic mass is 10.2. The Morgan fingerprint density at radius 1 is 1.18 bits per heavy atom. The summed E-state index contributed by atoms with van der Waals surface area (Å²) in [5.74, 6) is 5.25. The van der Waals surface area contributed by atoms with Gasteiger partial charge in [0.15, 0.2) is 11.5 Å². The largest absolute Gasteiger partial charge is 0.289 e. The second-order valence-corrected chi connectivity index (χ2v) is 5.21. The molecule has 3 aromatic rings. The zero-order valence-corrected chi connectivity index (χ0v) is 12.2. The van der Waals surface area contributed by atoms with E-state index < -0.39 is 5.91 Å². The van der Waals surface area contributed by atoms with Crippen LogP contribution in [0.2, 0.25) is 0 Å². The van der Waals surface area contributed by atoms with Crippen LogP contribution < -0.4 is 16.7 Å². The van der Waals surface area contributed by atoms with Gasteiger partial charge in [0.25, 0.3) is 5.91 Å². The van der Waals surface area contributed by atoms with Crippen LogP contribution in [-0.2, 0) is 4.79 Å². The average molecular weight is 312 g/mol. The second kappa shape index (κ2) is 6.29. The predicted octanol–water partition coefficient (Wildman–Crippen LogP) is 1.50. The van der Waals surface area contributed by atoms with E-state index in [-0.39, 0.29) is 5.71 Å². The summed E-state index contributed by atoms with van der Waals surface area (Å²) in [6.45, 7) is 0. The van der Waals surface area contributed by atoms with E-state index in [1.807, 2.05) is 35.7 Å². The lowest BCUT2D eigenvalue weighted by Crippen LogP contribution is -2.36. The first-order valence-corrected chi connectivity index (χ1v) is 7.26. The molecule has 8 heteroatoms. The minimum absolute atomic E-state index is 0.195. The van der Waals surface area contributed by atoms with Crippen LogP contribution in [0, 0.1) is 0 Å². The van der Waals surface area contributed by atoms with Gasteiger partial charge in [-0.15, -0.1) is 11.3 Å². The highest BCUT2D eigenvalue weighted by molar-refractivity contribution is 7.13. The Kier molecular flexibility index (Phi) is 4.03. The topological polar surface area (TPSA) is 105 Å². The van der Waals surface area contributed by atoms with Gasteiger partial charge in [0.05, 0.1) is 10.4 Å². The third-order valence-corrected chi connectivity index (χ3v) is 3.79. The maximum absolute atomic E-state index is 11.9. The Labute approximate surface area is 129 Å². The van der Waals surface area contributed by atoms with Gasteiger partial charge in [0.1, 0.15) is 6.33 Å². The standard InChI is InChI=1S/C14H12N6OS/c15-18-14(21)12(11-6-3-7-22-11)19-20-13-9-4-1-2-5-10(9)16-8-17-13/h1-8H,15H2,(H,18,21)(H,16,17,20)/b19-12-. The summed E-state index contributed by atoms with van der Waals surface area (Å²) in [5.41, 5.74) is 5.89. The fourth-order valence-electron chi connectivity index (χ4n) is 1.90. The lowest BCUT2D eigenvalue weighted by Gasteiger charge is -2.06. The summed E-state index contributed by atoms with van der Waals surface area (Å²) in [6.07, 6.45) is 1.44. The molecule has 3 rings (SSSR count). The molecule has 0 saturated heterocycles. The van der Waals surface area contributed by atoms with Crippen molar-refractivity contribution in [3.63, 3.8) is 0 Å². The highest BCUT2D eigenvalue weighted by Crippen LogP contribution is 2.18. The molecule has 0 aliphatic heterocycles. The fourth-order valence-corrected chi connectivity index (χ4v) is 2.61. The van der Waals surface area contributed by atoms with Gasteiger partial charge in [-0.1, -0.05) is 18.2 Å². The van der Waals surface area contributed by atoms with E-state index in [9.17, 15) is 4.79 Å². The number of hydrogen-bond donors (Lipinski definition) is 3. The molecule has 0 fully saturated rings. The number of rotatable bonds is 4. The summed E-state index contributed by atoms with van der Waals surface area (Å²) >= 11 is 1.39. The van der Waals surface area contributed by atoms with Crippen molar-refractivity contribution in [3.05, 3.63) is 53.0 Å². The minimum Gasteiger partial charge on any atom is -0.289 e. The zero-order valence-electron chi connectivity index (χ0n) is 11.4. The van der Waals surface area contributed by atoms with E-state index in [1.54, 1.807) is 6.07 Å². The maximum atomic E-state index is 11.9. The van der Waals surface area contributed by atoms with Gasteiger partial charge in [-0.25, -0.2) is 15.8 Å². The number of carbonyl (C=O) groups excluding carboxylic acids is 1. The van der Waals surface area contributed by atoms with Gasteiger partial charge in [0.2, 0.25) is 0 Å². The van der Waals surface area contributed by atoms with Crippen LogP contribution in [0.25, 0.3) is 10.9 Å². The molecule has 0 unspecified atom stereocenters. The Morgan fingerprint density at radius 2 is 2.05 bits per heavy atom. The normalized spacial score (nSPS) is 11.4. The lowest BCUT2D eigenvalue weighted by molar-refractivity contribution is -0.114. The van der Waals surface area contributed by atoms with E-state index in [2.05, 4.69) is 25.9 Å². The number of hydrazine groups is 1. The number of nitrogens with zero attached hydrogens (tertiary/aromatic N) is 3. The molecule has 0 atom stereocenters. The first kappa shape index (κ1) is 14.1. The summed E-state index contributed by atoms with van der Waals surface area (Å²) < 4.78 is 0. The molecule has 0 spiro atoms. The number of amides is 1. The molecule has 4 N–H and O–H groups in total. The third kappa shape index (κ3) is 2.78. The molecule has 7 nitrogen and oxygen atoms in total. The summed E-state index contributed by atoms with van der Waals surface area (Å²) in [5, 5.41) is 6.82. The van der Waals surface area contributed by atoms with Crippen molar-refractivity contribution in [1.29, 1.82) is 0 Å². The number of para-hydroxylation sites is 1. The number of anilines is 1. The molecule has 0 aliphatic rings. The highest BCUT2D eigenvalue weighted by Gasteiger charge is 2.14. The maximum Gasteiger partial charge on any atom is 0.287 e. The van der Waals surface area contributed by atoms with Crippen LogP contribution in [-0.4, -0.2) is 21.6 Å². The monoisotopic (exact) mass is 312 g/mol. The number of thiophene rings is 1. The van der Waals surface area contributed by atoms with Gasteiger partial charge < -0.3 is 0 Å². The van der Waals surface area contributed by atoms with Crippen molar-refractivity contribution in [1.82, 2.24) is 15.4 Å². The van der Waals surface area contributed by atoms with Gasteiger partial charge in [0, 0.05) is 5.39 Å². The number of hydrogen-bond acceptors (Lipinski definition) is 7. The number of aromatic nitrogens is 2. The third-order valence-electron chi connectivity index (χ3n) is 2.92. The van der Waals surface area contributed by atoms with Crippen molar-refractivity contribution in [2.24, 2.45) is 10.9 Å². The Balaban J connectivity index is 1.98. The summed E-state index contributed by atoms with van der Waals surface area (Å²) in [7, 11) is 0. The molecule has 110 valence electrons. The molecule has 2 heterocycles. The van der Waals surface area contributed by atoms with Crippen molar-refractivity contribution < 1.29 is 4.79 Å². The molecule has 0 aliphatic carbocycles. The van der Waals surface area contributed by atoms with E-state index in [0.717, 1.165) is 10.9 Å². The Morgan fingerprint density at radius 3 is 2.82 bits per heavy atom. The van der Waals surface area contributed by atoms with Gasteiger partial charge in [-0.05, 0) is 23.6 Å². The molecule has 22 heavy (non-hydrogen) atoms. The molecular formula is C14H12N6OS. The quantitative estimate of drug-likeness (QED) is 0.293. The van der Waals surface area contributed by atoms with Gasteiger partial charge >= 0.3 is 0 Å². The van der Waals surface area contributed by atoms with Crippen LogP contribution in [0.1, 0.15) is 4.88 Å². The van der Waals surface area contributed by atoms with Crippen LogP contribution >= 0.6 is 11.3 Å². The van der Waals surface area contributed by atoms with Crippen LogP contribution in [0.5, 0.6) is 0 Å². The number of carbonyl (C=O) groups is 1. The van der Waals surface area contributed by atoms with Gasteiger partial charge in [-0.2, -0.15) is 5.10 Å². The molecular weight excluding hydrogens is 300 g/mol. The first-order chi connectivity index (χ1) is 10.8. The molecule has 1 aromatic carbocycles. The van der Waals surface area contributed by atoms with Crippen molar-refractivity contribution in [3.8, 4) is 0 Å². The number of fused-ring (bicyclic) bond motifs is 1. The van der Waals surface area contributed by atoms with Crippen molar-refractivity contribution in [2.45, 2.75) is 0 Å². The predicted molar refractivity (Wildman–Crippen MR) is 86.3 cm³/mol.